The Morgan fingerprint density at radius 1 is 1.28 bits per heavy atom. The minimum atomic E-state index is -0.411. The number of para-hydroxylation sites is 1. The van der Waals surface area contributed by atoms with Crippen LogP contribution in [0.3, 0.4) is 0 Å². The van der Waals surface area contributed by atoms with Gasteiger partial charge in [-0.25, -0.2) is 9.97 Å². The van der Waals surface area contributed by atoms with E-state index in [4.69, 9.17) is 9.47 Å². The van der Waals surface area contributed by atoms with Crippen molar-refractivity contribution in [2.24, 2.45) is 0 Å². The van der Waals surface area contributed by atoms with Crippen LogP contribution in [0.2, 0.25) is 0 Å². The van der Waals surface area contributed by atoms with Crippen LogP contribution in [0.5, 0.6) is 5.75 Å². The molecule has 1 aliphatic rings. The van der Waals surface area contributed by atoms with E-state index in [-0.39, 0.29) is 12.0 Å². The van der Waals surface area contributed by atoms with E-state index in [1.54, 1.807) is 12.4 Å². The molecule has 25 heavy (non-hydrogen) atoms. The average molecular weight is 341 g/mol. The maximum absolute atomic E-state index is 12.6. The van der Waals surface area contributed by atoms with Gasteiger partial charge in [0.05, 0.1) is 18.6 Å². The highest BCUT2D eigenvalue weighted by molar-refractivity contribution is 5.78. The quantitative estimate of drug-likeness (QED) is 0.833. The van der Waals surface area contributed by atoms with Gasteiger partial charge in [0.2, 0.25) is 5.91 Å². The third-order valence-electron chi connectivity index (χ3n) is 3.98. The third kappa shape index (κ3) is 5.00. The summed E-state index contributed by atoms with van der Waals surface area (Å²) in [6.45, 7) is 5.47. The number of ether oxygens (including phenoxy) is 2. The van der Waals surface area contributed by atoms with Crippen LogP contribution in [0.4, 0.5) is 0 Å². The number of morpholine rings is 1. The Morgan fingerprint density at radius 2 is 2.00 bits per heavy atom. The zero-order chi connectivity index (χ0) is 17.7. The molecule has 1 amide bonds. The van der Waals surface area contributed by atoms with E-state index in [2.05, 4.69) is 9.97 Å². The van der Waals surface area contributed by atoms with Gasteiger partial charge in [-0.3, -0.25) is 4.79 Å². The topological polar surface area (TPSA) is 64.6 Å². The molecule has 6 heteroatoms. The molecule has 1 saturated heterocycles. The van der Waals surface area contributed by atoms with Gasteiger partial charge >= 0.3 is 0 Å². The van der Waals surface area contributed by atoms with E-state index in [0.717, 1.165) is 11.3 Å². The largest absolute Gasteiger partial charge is 0.491 e. The Kier molecular flexibility index (Phi) is 5.28. The van der Waals surface area contributed by atoms with Gasteiger partial charge in [-0.1, -0.05) is 18.2 Å². The van der Waals surface area contributed by atoms with Crippen LogP contribution in [0, 0.1) is 0 Å². The first-order chi connectivity index (χ1) is 12.0. The van der Waals surface area contributed by atoms with Crippen molar-refractivity contribution in [2.45, 2.75) is 32.0 Å². The first kappa shape index (κ1) is 17.4. The summed E-state index contributed by atoms with van der Waals surface area (Å²) in [5, 5.41) is 0. The van der Waals surface area contributed by atoms with Crippen molar-refractivity contribution in [3.63, 3.8) is 0 Å². The molecule has 132 valence electrons. The first-order valence-corrected chi connectivity index (χ1v) is 8.39. The van der Waals surface area contributed by atoms with Crippen molar-refractivity contribution in [3.8, 4) is 5.75 Å². The van der Waals surface area contributed by atoms with Crippen LogP contribution in [0.15, 0.2) is 49.1 Å². The van der Waals surface area contributed by atoms with Gasteiger partial charge in [0.1, 0.15) is 24.8 Å². The summed E-state index contributed by atoms with van der Waals surface area (Å²) in [5.41, 5.74) is 0.403. The smallest absolute Gasteiger partial charge is 0.227 e. The van der Waals surface area contributed by atoms with E-state index in [0.29, 0.717) is 26.1 Å². The Hall–Kier alpha value is -2.47. The summed E-state index contributed by atoms with van der Waals surface area (Å²) < 4.78 is 11.9. The van der Waals surface area contributed by atoms with Gasteiger partial charge in [0.25, 0.3) is 0 Å². The van der Waals surface area contributed by atoms with Crippen LogP contribution in [0.1, 0.15) is 19.4 Å². The molecule has 1 aromatic carbocycles. The van der Waals surface area contributed by atoms with E-state index in [9.17, 15) is 4.79 Å². The maximum Gasteiger partial charge on any atom is 0.227 e. The molecule has 3 rings (SSSR count). The molecule has 1 unspecified atom stereocenters. The molecule has 0 radical (unpaired) electrons. The molecule has 0 N–H and O–H groups in total. The van der Waals surface area contributed by atoms with Gasteiger partial charge in [0.15, 0.2) is 0 Å². The van der Waals surface area contributed by atoms with Crippen LogP contribution in [-0.4, -0.2) is 52.2 Å². The second kappa shape index (κ2) is 7.61. The summed E-state index contributed by atoms with van der Waals surface area (Å²) in [5.74, 6) is 0.852. The lowest BCUT2D eigenvalue weighted by Gasteiger charge is -2.42. The molecule has 1 atom stereocenters. The molecular weight excluding hydrogens is 318 g/mol. The molecule has 2 heterocycles. The number of rotatable bonds is 5. The molecule has 1 aliphatic heterocycles. The molecule has 0 saturated carbocycles. The van der Waals surface area contributed by atoms with Crippen LogP contribution in [0.25, 0.3) is 0 Å². The molecule has 0 bridgehead atoms. The number of hydrogen-bond acceptors (Lipinski definition) is 5. The number of aromatic nitrogens is 2. The Labute approximate surface area is 147 Å². The summed E-state index contributed by atoms with van der Waals surface area (Å²) in [6, 6.07) is 9.62. The SMILES string of the molecule is CC1(C)CN(C(=O)Cc2cncnc2)CC(COc2ccccc2)O1. The van der Waals surface area contributed by atoms with Crippen LogP contribution in [-0.2, 0) is 16.0 Å². The third-order valence-corrected chi connectivity index (χ3v) is 3.98. The van der Waals surface area contributed by atoms with E-state index in [1.807, 2.05) is 49.1 Å². The van der Waals surface area contributed by atoms with E-state index < -0.39 is 5.60 Å². The van der Waals surface area contributed by atoms with Crippen molar-refractivity contribution in [3.05, 3.63) is 54.6 Å². The van der Waals surface area contributed by atoms with Crippen LogP contribution < -0.4 is 4.74 Å². The minimum Gasteiger partial charge on any atom is -0.491 e. The normalized spacial score (nSPS) is 19.4. The second-order valence-corrected chi connectivity index (χ2v) is 6.82. The van der Waals surface area contributed by atoms with Crippen molar-refractivity contribution in [1.29, 1.82) is 0 Å². The number of nitrogens with zero attached hydrogens (tertiary/aromatic N) is 3. The van der Waals surface area contributed by atoms with Crippen LogP contribution >= 0.6 is 0 Å². The maximum atomic E-state index is 12.6. The zero-order valence-corrected chi connectivity index (χ0v) is 14.6. The molecule has 1 aromatic heterocycles. The number of amides is 1. The summed E-state index contributed by atoms with van der Waals surface area (Å²) in [7, 11) is 0. The predicted octanol–water partition coefficient (Wildman–Crippen LogP) is 2.10. The monoisotopic (exact) mass is 341 g/mol. The molecule has 2 aromatic rings. The molecule has 0 spiro atoms. The number of benzene rings is 1. The standard InChI is InChI=1S/C19H23N3O3/c1-19(2)13-22(18(23)8-15-9-20-14-21-10-15)11-17(25-19)12-24-16-6-4-3-5-7-16/h3-7,9-10,14,17H,8,11-13H2,1-2H3. The fraction of sp³-hybridized carbons (Fsp3) is 0.421. The molecule has 1 fully saturated rings. The molecular formula is C19H23N3O3. The molecule has 0 aliphatic carbocycles. The van der Waals surface area contributed by atoms with Crippen molar-refractivity contribution in [2.75, 3.05) is 19.7 Å². The van der Waals surface area contributed by atoms with Crippen molar-refractivity contribution < 1.29 is 14.3 Å². The van der Waals surface area contributed by atoms with Gasteiger partial charge in [-0.15, -0.1) is 0 Å². The van der Waals surface area contributed by atoms with E-state index in [1.165, 1.54) is 6.33 Å². The lowest BCUT2D eigenvalue weighted by atomic mass is 10.0. The lowest BCUT2D eigenvalue weighted by Crippen LogP contribution is -2.56. The van der Waals surface area contributed by atoms with Crippen molar-refractivity contribution in [1.82, 2.24) is 14.9 Å². The lowest BCUT2D eigenvalue weighted by molar-refractivity contribution is -0.165. The Bertz CT molecular complexity index is 692. The fourth-order valence-electron chi connectivity index (χ4n) is 2.99. The number of carbonyl (C=O) groups is 1. The van der Waals surface area contributed by atoms with Crippen molar-refractivity contribution >= 4 is 5.91 Å². The highest BCUT2D eigenvalue weighted by atomic mass is 16.5. The first-order valence-electron chi connectivity index (χ1n) is 8.39. The van der Waals surface area contributed by atoms with Gasteiger partial charge in [-0.2, -0.15) is 0 Å². The van der Waals surface area contributed by atoms with E-state index >= 15 is 0 Å². The number of carbonyl (C=O) groups excluding carboxylic acids is 1. The predicted molar refractivity (Wildman–Crippen MR) is 93.2 cm³/mol. The second-order valence-electron chi connectivity index (χ2n) is 6.82. The summed E-state index contributed by atoms with van der Waals surface area (Å²) >= 11 is 0. The highest BCUT2D eigenvalue weighted by Crippen LogP contribution is 2.22. The zero-order valence-electron chi connectivity index (χ0n) is 14.6. The van der Waals surface area contributed by atoms with Gasteiger partial charge < -0.3 is 14.4 Å². The fourth-order valence-corrected chi connectivity index (χ4v) is 2.99. The Morgan fingerprint density at radius 3 is 2.72 bits per heavy atom. The summed E-state index contributed by atoms with van der Waals surface area (Å²) in [6.07, 6.45) is 4.94. The highest BCUT2D eigenvalue weighted by Gasteiger charge is 2.35. The van der Waals surface area contributed by atoms with Gasteiger partial charge in [0, 0.05) is 18.9 Å². The molecule has 6 nitrogen and oxygen atoms in total. The summed E-state index contributed by atoms with van der Waals surface area (Å²) in [4.78, 5) is 22.4. The Balaban J connectivity index is 1.61. The number of hydrogen-bond donors (Lipinski definition) is 0. The average Bonchev–Trinajstić information content (AvgIpc) is 2.60. The van der Waals surface area contributed by atoms with Gasteiger partial charge in [-0.05, 0) is 31.5 Å². The minimum absolute atomic E-state index is 0.0517.